The summed E-state index contributed by atoms with van der Waals surface area (Å²) in [6.45, 7) is 5.08. The zero-order chi connectivity index (χ0) is 28.1. The Kier molecular flexibility index (Phi) is 8.19. The maximum Gasteiger partial charge on any atom is 0.266 e. The molecule has 9 nitrogen and oxygen atoms in total. The summed E-state index contributed by atoms with van der Waals surface area (Å²) in [6.07, 6.45) is 2.78. The molecular weight excluding hydrogens is 506 g/mol. The average molecular weight is 540 g/mol. The number of rotatable bonds is 10. The van der Waals surface area contributed by atoms with Crippen molar-refractivity contribution in [3.8, 4) is 22.8 Å². The monoisotopic (exact) mass is 539 g/mol. The fourth-order valence-corrected chi connectivity index (χ4v) is 4.85. The van der Waals surface area contributed by atoms with E-state index >= 15 is 0 Å². The van der Waals surface area contributed by atoms with Gasteiger partial charge in [0, 0.05) is 41.6 Å². The number of unbranched alkanes of at least 4 members (excludes halogenated alkanes) is 1. The average Bonchev–Trinajstić information content (AvgIpc) is 2.97. The highest BCUT2D eigenvalue weighted by Crippen LogP contribution is 2.32. The minimum atomic E-state index is -0.138. The van der Waals surface area contributed by atoms with Crippen LogP contribution in [0.3, 0.4) is 0 Å². The first-order chi connectivity index (χ1) is 19.5. The summed E-state index contributed by atoms with van der Waals surface area (Å²) < 4.78 is 13.0. The van der Waals surface area contributed by atoms with E-state index in [9.17, 15) is 9.59 Å². The molecule has 0 saturated heterocycles. The Morgan fingerprint density at radius 3 is 2.58 bits per heavy atom. The molecule has 2 aromatic heterocycles. The van der Waals surface area contributed by atoms with Crippen LogP contribution < -0.4 is 20.5 Å². The standard InChI is InChI=1S/C31H33N5O4/c1-4-22-9-12-25-24(13-15-27(39-3)31(25)32-22)26-14-16-29(38)36(35-26)17-5-6-18-40-23-10-7-21(8-11-23)30-20(2)19-28(37)33-34-30/h7-16,20H,4-6,17-19H2,1-3H3,(H,33,37). The van der Waals surface area contributed by atoms with Gasteiger partial charge in [-0.05, 0) is 73.4 Å². The molecule has 1 amide bonds. The smallest absolute Gasteiger partial charge is 0.266 e. The van der Waals surface area contributed by atoms with Crippen molar-refractivity contribution in [3.05, 3.63) is 82.3 Å². The van der Waals surface area contributed by atoms with Crippen LogP contribution in [0.25, 0.3) is 22.2 Å². The summed E-state index contributed by atoms with van der Waals surface area (Å²) in [5.41, 5.74) is 7.65. The van der Waals surface area contributed by atoms with Gasteiger partial charge in [0.25, 0.3) is 5.56 Å². The van der Waals surface area contributed by atoms with E-state index in [0.717, 1.165) is 58.4 Å². The lowest BCUT2D eigenvalue weighted by Gasteiger charge is -2.19. The Bertz CT molecular complexity index is 1610. The minimum absolute atomic E-state index is 0.0579. The molecule has 0 bridgehead atoms. The van der Waals surface area contributed by atoms with Gasteiger partial charge >= 0.3 is 0 Å². The van der Waals surface area contributed by atoms with E-state index in [-0.39, 0.29) is 17.4 Å². The SMILES string of the molecule is CCc1ccc2c(-c3ccc(=O)n(CCCCOc4ccc(C5=NNC(=O)CC5C)cc4)n3)ccc(OC)c2n1. The van der Waals surface area contributed by atoms with Crippen LogP contribution in [0.5, 0.6) is 11.5 Å². The first kappa shape index (κ1) is 27.1. The van der Waals surface area contributed by atoms with Crippen LogP contribution in [0.2, 0.25) is 0 Å². The maximum absolute atomic E-state index is 12.5. The van der Waals surface area contributed by atoms with E-state index in [4.69, 9.17) is 14.5 Å². The molecule has 0 fully saturated rings. The number of methoxy groups -OCH3 is 1. The summed E-state index contributed by atoms with van der Waals surface area (Å²) in [4.78, 5) is 28.8. The third kappa shape index (κ3) is 5.88. The number of aromatic nitrogens is 3. The molecule has 0 spiro atoms. The molecule has 1 aliphatic rings. The van der Waals surface area contributed by atoms with E-state index in [0.29, 0.717) is 31.0 Å². The Morgan fingerprint density at radius 1 is 1.00 bits per heavy atom. The molecule has 5 rings (SSSR count). The van der Waals surface area contributed by atoms with Gasteiger partial charge in [-0.2, -0.15) is 10.2 Å². The number of hydrogen-bond donors (Lipinski definition) is 1. The van der Waals surface area contributed by atoms with Crippen LogP contribution in [-0.2, 0) is 17.8 Å². The van der Waals surface area contributed by atoms with Gasteiger partial charge in [-0.3, -0.25) is 9.59 Å². The quantitative estimate of drug-likeness (QED) is 0.292. The topological polar surface area (TPSA) is 108 Å². The molecule has 0 aliphatic carbocycles. The van der Waals surface area contributed by atoms with Crippen molar-refractivity contribution in [1.29, 1.82) is 0 Å². The predicted octanol–water partition coefficient (Wildman–Crippen LogP) is 4.75. The number of hydrazone groups is 1. The number of ether oxygens (including phenoxy) is 2. The van der Waals surface area contributed by atoms with Crippen LogP contribution in [0.15, 0.2) is 70.6 Å². The summed E-state index contributed by atoms with van der Waals surface area (Å²) >= 11 is 0. The largest absolute Gasteiger partial charge is 0.494 e. The summed E-state index contributed by atoms with van der Waals surface area (Å²) in [5, 5.41) is 9.81. The van der Waals surface area contributed by atoms with Gasteiger partial charge in [-0.25, -0.2) is 15.1 Å². The molecule has 4 aromatic rings. The van der Waals surface area contributed by atoms with Gasteiger partial charge in [0.2, 0.25) is 5.91 Å². The fraction of sp³-hybridized carbons (Fsp3) is 0.323. The summed E-state index contributed by atoms with van der Waals surface area (Å²) in [7, 11) is 1.64. The third-order valence-corrected chi connectivity index (χ3v) is 7.05. The van der Waals surface area contributed by atoms with Gasteiger partial charge in [0.1, 0.15) is 17.0 Å². The van der Waals surface area contributed by atoms with Gasteiger partial charge in [0.15, 0.2) is 0 Å². The highest BCUT2D eigenvalue weighted by Gasteiger charge is 2.21. The van der Waals surface area contributed by atoms with Gasteiger partial charge < -0.3 is 9.47 Å². The van der Waals surface area contributed by atoms with Crippen molar-refractivity contribution in [1.82, 2.24) is 20.2 Å². The van der Waals surface area contributed by atoms with Crippen molar-refractivity contribution in [2.75, 3.05) is 13.7 Å². The minimum Gasteiger partial charge on any atom is -0.494 e. The number of fused-ring (bicyclic) bond motifs is 1. The Labute approximate surface area is 232 Å². The second-order valence-electron chi connectivity index (χ2n) is 9.86. The normalized spacial score (nSPS) is 15.0. The number of nitrogens with one attached hydrogen (secondary N) is 1. The number of amides is 1. The van der Waals surface area contributed by atoms with Crippen molar-refractivity contribution in [2.45, 2.75) is 46.1 Å². The lowest BCUT2D eigenvalue weighted by molar-refractivity contribution is -0.121. The molecule has 0 saturated carbocycles. The summed E-state index contributed by atoms with van der Waals surface area (Å²) in [5.74, 6) is 1.49. The molecule has 9 heteroatoms. The van der Waals surface area contributed by atoms with Gasteiger partial charge in [-0.1, -0.05) is 19.9 Å². The Balaban J connectivity index is 1.20. The molecule has 2 aromatic carbocycles. The zero-order valence-corrected chi connectivity index (χ0v) is 23.0. The lowest BCUT2D eigenvalue weighted by Crippen LogP contribution is -2.31. The molecule has 40 heavy (non-hydrogen) atoms. The van der Waals surface area contributed by atoms with E-state index in [1.54, 1.807) is 19.2 Å². The fourth-order valence-electron chi connectivity index (χ4n) is 4.85. The van der Waals surface area contributed by atoms with E-state index in [1.165, 1.54) is 4.68 Å². The molecule has 0 radical (unpaired) electrons. The van der Waals surface area contributed by atoms with E-state index in [2.05, 4.69) is 22.5 Å². The zero-order valence-electron chi connectivity index (χ0n) is 23.0. The van der Waals surface area contributed by atoms with Crippen LogP contribution in [0, 0.1) is 5.92 Å². The molecule has 1 atom stereocenters. The summed E-state index contributed by atoms with van der Waals surface area (Å²) in [6, 6.07) is 19.0. The Morgan fingerprint density at radius 2 is 1.82 bits per heavy atom. The number of hydrogen-bond acceptors (Lipinski definition) is 7. The van der Waals surface area contributed by atoms with Crippen molar-refractivity contribution < 1.29 is 14.3 Å². The second-order valence-corrected chi connectivity index (χ2v) is 9.86. The molecule has 206 valence electrons. The van der Waals surface area contributed by atoms with E-state index < -0.39 is 0 Å². The van der Waals surface area contributed by atoms with E-state index in [1.807, 2.05) is 55.5 Å². The molecule has 3 heterocycles. The maximum atomic E-state index is 12.5. The number of aryl methyl sites for hydroxylation is 2. The number of nitrogens with zero attached hydrogens (tertiary/aromatic N) is 4. The Hall–Kier alpha value is -4.53. The van der Waals surface area contributed by atoms with Crippen molar-refractivity contribution in [2.24, 2.45) is 11.0 Å². The number of benzene rings is 2. The van der Waals surface area contributed by atoms with Crippen LogP contribution in [0.4, 0.5) is 0 Å². The lowest BCUT2D eigenvalue weighted by atomic mass is 9.94. The van der Waals surface area contributed by atoms with Crippen molar-refractivity contribution >= 4 is 22.5 Å². The number of carbonyl (C=O) groups excluding carboxylic acids is 1. The first-order valence-corrected chi connectivity index (χ1v) is 13.6. The molecular formula is C31H33N5O4. The van der Waals surface area contributed by atoms with Crippen LogP contribution in [-0.4, -0.2) is 40.1 Å². The molecule has 1 aliphatic heterocycles. The van der Waals surface area contributed by atoms with Crippen molar-refractivity contribution in [3.63, 3.8) is 0 Å². The number of pyridine rings is 1. The number of carbonyl (C=O) groups is 1. The van der Waals surface area contributed by atoms with Crippen LogP contribution in [0.1, 0.15) is 44.4 Å². The highest BCUT2D eigenvalue weighted by atomic mass is 16.5. The van der Waals surface area contributed by atoms with Gasteiger partial charge in [-0.15, -0.1) is 0 Å². The first-order valence-electron chi connectivity index (χ1n) is 13.6. The molecule has 1 unspecified atom stereocenters. The predicted molar refractivity (Wildman–Crippen MR) is 155 cm³/mol. The van der Waals surface area contributed by atoms with Crippen LogP contribution >= 0.6 is 0 Å². The third-order valence-electron chi connectivity index (χ3n) is 7.05. The highest BCUT2D eigenvalue weighted by molar-refractivity contribution is 6.05. The second kappa shape index (κ2) is 12.1. The van der Waals surface area contributed by atoms with Gasteiger partial charge in [0.05, 0.1) is 25.1 Å². The molecule has 1 N–H and O–H groups in total.